The van der Waals surface area contributed by atoms with Crippen molar-refractivity contribution in [3.8, 4) is 0 Å². The molecule has 1 aliphatic rings. The van der Waals surface area contributed by atoms with Crippen LogP contribution in [0.2, 0.25) is 5.02 Å². The van der Waals surface area contributed by atoms with Crippen molar-refractivity contribution in [3.63, 3.8) is 0 Å². The zero-order valence-corrected chi connectivity index (χ0v) is 11.7. The fourth-order valence-electron chi connectivity index (χ4n) is 1.77. The Labute approximate surface area is 111 Å². The molecule has 18 heavy (non-hydrogen) atoms. The zero-order valence-electron chi connectivity index (χ0n) is 9.34. The smallest absolute Gasteiger partial charge is 0.236 e. The Hall–Kier alpha value is -0.790. The molecule has 1 heterocycles. The first kappa shape index (κ1) is 13.6. The second kappa shape index (κ2) is 4.71. The molecule has 1 aliphatic heterocycles. The van der Waals surface area contributed by atoms with Crippen molar-refractivity contribution in [3.05, 3.63) is 29.3 Å². The van der Waals surface area contributed by atoms with Gasteiger partial charge in [-0.2, -0.15) is 0 Å². The molecule has 0 aromatic heterocycles. The predicted molar refractivity (Wildman–Crippen MR) is 71.1 cm³/mol. The van der Waals surface area contributed by atoms with Crippen LogP contribution in [0.15, 0.2) is 24.3 Å². The molecule has 0 radical (unpaired) electrons. The SMILES string of the molecule is O=S1(=O)CCC(S(=O)(=O)Nc2ccc(Cl)cc2)C1. The maximum atomic E-state index is 12.0. The highest BCUT2D eigenvalue weighted by Crippen LogP contribution is 2.22. The van der Waals surface area contributed by atoms with Crippen LogP contribution in [-0.2, 0) is 19.9 Å². The van der Waals surface area contributed by atoms with Gasteiger partial charge in [-0.25, -0.2) is 16.8 Å². The van der Waals surface area contributed by atoms with Crippen molar-refractivity contribution in [2.75, 3.05) is 16.2 Å². The molecule has 0 spiro atoms. The number of halogens is 1. The second-order valence-electron chi connectivity index (χ2n) is 4.18. The standard InChI is InChI=1S/C10H12ClNO4S2/c11-8-1-3-9(4-2-8)12-18(15,16)10-5-6-17(13,14)7-10/h1-4,10,12H,5-7H2. The molecule has 1 aromatic rings. The van der Waals surface area contributed by atoms with E-state index in [1.54, 1.807) is 12.1 Å². The Morgan fingerprint density at radius 1 is 1.22 bits per heavy atom. The molecule has 0 amide bonds. The minimum Gasteiger partial charge on any atom is -0.283 e. The van der Waals surface area contributed by atoms with Crippen molar-refractivity contribution >= 4 is 37.1 Å². The molecule has 1 aromatic carbocycles. The first-order valence-electron chi connectivity index (χ1n) is 5.26. The number of sulfonamides is 1. The maximum absolute atomic E-state index is 12.0. The quantitative estimate of drug-likeness (QED) is 0.911. The summed E-state index contributed by atoms with van der Waals surface area (Å²) < 4.78 is 48.9. The summed E-state index contributed by atoms with van der Waals surface area (Å²) in [6.45, 7) is 0. The average molecular weight is 310 g/mol. The molecular formula is C10H12ClNO4S2. The van der Waals surface area contributed by atoms with E-state index in [1.165, 1.54) is 12.1 Å². The van der Waals surface area contributed by atoms with Crippen LogP contribution in [0.5, 0.6) is 0 Å². The van der Waals surface area contributed by atoms with Crippen LogP contribution in [0.1, 0.15) is 6.42 Å². The van der Waals surface area contributed by atoms with E-state index in [0.717, 1.165) is 0 Å². The lowest BCUT2D eigenvalue weighted by atomic mass is 10.3. The van der Waals surface area contributed by atoms with Gasteiger partial charge in [0.1, 0.15) is 0 Å². The van der Waals surface area contributed by atoms with E-state index in [9.17, 15) is 16.8 Å². The van der Waals surface area contributed by atoms with Crippen LogP contribution in [-0.4, -0.2) is 33.6 Å². The molecule has 0 saturated carbocycles. The van der Waals surface area contributed by atoms with Crippen molar-refractivity contribution < 1.29 is 16.8 Å². The molecule has 1 saturated heterocycles. The van der Waals surface area contributed by atoms with Crippen molar-refractivity contribution in [1.29, 1.82) is 0 Å². The summed E-state index contributed by atoms with van der Waals surface area (Å²) in [5.41, 5.74) is 0.378. The number of anilines is 1. The van der Waals surface area contributed by atoms with Crippen molar-refractivity contribution in [1.82, 2.24) is 0 Å². The highest BCUT2D eigenvalue weighted by atomic mass is 35.5. The molecule has 0 bridgehead atoms. The summed E-state index contributed by atoms with van der Waals surface area (Å²) in [5, 5.41) is -0.375. The Morgan fingerprint density at radius 3 is 2.33 bits per heavy atom. The molecule has 1 fully saturated rings. The summed E-state index contributed by atoms with van der Waals surface area (Å²) in [5.74, 6) is -0.380. The number of hydrogen-bond acceptors (Lipinski definition) is 4. The molecule has 5 nitrogen and oxygen atoms in total. The Bertz CT molecular complexity index is 637. The number of sulfone groups is 1. The van der Waals surface area contributed by atoms with E-state index in [4.69, 9.17) is 11.6 Å². The average Bonchev–Trinajstić information content (AvgIpc) is 2.63. The van der Waals surface area contributed by atoms with Gasteiger partial charge in [-0.1, -0.05) is 11.6 Å². The molecule has 1 atom stereocenters. The maximum Gasteiger partial charge on any atom is 0.236 e. The predicted octanol–water partition coefficient (Wildman–Crippen LogP) is 1.27. The van der Waals surface area contributed by atoms with Gasteiger partial charge in [0.25, 0.3) is 0 Å². The van der Waals surface area contributed by atoms with Gasteiger partial charge in [-0.05, 0) is 30.7 Å². The Kier molecular flexibility index (Phi) is 3.57. The van der Waals surface area contributed by atoms with E-state index in [2.05, 4.69) is 4.72 Å². The highest BCUT2D eigenvalue weighted by Gasteiger charge is 2.37. The van der Waals surface area contributed by atoms with Crippen molar-refractivity contribution in [2.24, 2.45) is 0 Å². The van der Waals surface area contributed by atoms with E-state index in [1.807, 2.05) is 0 Å². The molecule has 8 heteroatoms. The summed E-state index contributed by atoms with van der Waals surface area (Å²) in [4.78, 5) is 0. The van der Waals surface area contributed by atoms with Gasteiger partial charge in [-0.3, -0.25) is 4.72 Å². The van der Waals surface area contributed by atoms with Gasteiger partial charge in [-0.15, -0.1) is 0 Å². The van der Waals surface area contributed by atoms with Gasteiger partial charge in [0, 0.05) is 10.7 Å². The topological polar surface area (TPSA) is 80.3 Å². The fraction of sp³-hybridized carbons (Fsp3) is 0.400. The largest absolute Gasteiger partial charge is 0.283 e. The molecule has 0 aliphatic carbocycles. The molecule has 1 N–H and O–H groups in total. The summed E-state index contributed by atoms with van der Waals surface area (Å²) >= 11 is 5.69. The lowest BCUT2D eigenvalue weighted by Crippen LogP contribution is -2.28. The Balaban J connectivity index is 2.15. The third-order valence-corrected chi connectivity index (χ3v) is 6.76. The van der Waals surface area contributed by atoms with E-state index >= 15 is 0 Å². The fourth-order valence-corrected chi connectivity index (χ4v) is 5.99. The molecule has 1 unspecified atom stereocenters. The van der Waals surface area contributed by atoms with E-state index < -0.39 is 25.1 Å². The molecular weight excluding hydrogens is 298 g/mol. The van der Waals surface area contributed by atoms with Crippen LogP contribution in [0.4, 0.5) is 5.69 Å². The van der Waals surface area contributed by atoms with Gasteiger partial charge < -0.3 is 0 Å². The first-order chi connectivity index (χ1) is 8.28. The summed E-state index contributed by atoms with van der Waals surface area (Å²) in [6.07, 6.45) is 0.144. The van der Waals surface area contributed by atoms with Gasteiger partial charge >= 0.3 is 0 Å². The van der Waals surface area contributed by atoms with E-state index in [0.29, 0.717) is 10.7 Å². The first-order valence-corrected chi connectivity index (χ1v) is 9.01. The minimum absolute atomic E-state index is 0.0702. The number of hydrogen-bond donors (Lipinski definition) is 1. The monoisotopic (exact) mass is 309 g/mol. The van der Waals surface area contributed by atoms with Gasteiger partial charge in [0.15, 0.2) is 9.84 Å². The third-order valence-electron chi connectivity index (χ3n) is 2.73. The van der Waals surface area contributed by atoms with Crippen LogP contribution < -0.4 is 4.72 Å². The summed E-state index contributed by atoms with van der Waals surface area (Å²) in [7, 11) is -6.89. The lowest BCUT2D eigenvalue weighted by molar-refractivity contribution is 0.587. The Morgan fingerprint density at radius 2 is 1.83 bits per heavy atom. The van der Waals surface area contributed by atoms with Gasteiger partial charge in [0.2, 0.25) is 10.0 Å². The molecule has 2 rings (SSSR count). The third kappa shape index (κ3) is 3.15. The van der Waals surface area contributed by atoms with Crippen LogP contribution >= 0.6 is 11.6 Å². The highest BCUT2D eigenvalue weighted by molar-refractivity contribution is 7.97. The normalized spacial score (nSPS) is 22.8. The van der Waals surface area contributed by atoms with Crippen molar-refractivity contribution in [2.45, 2.75) is 11.7 Å². The van der Waals surface area contributed by atoms with E-state index in [-0.39, 0.29) is 17.9 Å². The lowest BCUT2D eigenvalue weighted by Gasteiger charge is -2.12. The number of rotatable bonds is 3. The summed E-state index contributed by atoms with van der Waals surface area (Å²) in [6, 6.07) is 6.18. The van der Waals surface area contributed by atoms with Gasteiger partial charge in [0.05, 0.1) is 16.8 Å². The second-order valence-corrected chi connectivity index (χ2v) is 8.80. The minimum atomic E-state index is -3.67. The zero-order chi connectivity index (χ0) is 13.4. The number of nitrogens with one attached hydrogen (secondary N) is 1. The van der Waals surface area contributed by atoms with Crippen LogP contribution in [0.25, 0.3) is 0 Å². The number of benzene rings is 1. The van der Waals surface area contributed by atoms with Crippen LogP contribution in [0.3, 0.4) is 0 Å². The molecule has 100 valence electrons. The van der Waals surface area contributed by atoms with Crippen LogP contribution in [0, 0.1) is 0 Å².